The van der Waals surface area contributed by atoms with Crippen LogP contribution >= 0.6 is 0 Å². The van der Waals surface area contributed by atoms with Crippen LogP contribution in [0.3, 0.4) is 0 Å². The summed E-state index contributed by atoms with van der Waals surface area (Å²) in [6.45, 7) is 6.27. The molecule has 0 aliphatic carbocycles. The van der Waals surface area contributed by atoms with Crippen molar-refractivity contribution < 1.29 is 14.3 Å². The Morgan fingerprint density at radius 3 is 2.58 bits per heavy atom. The lowest BCUT2D eigenvalue weighted by atomic mass is 10.0. The van der Waals surface area contributed by atoms with E-state index < -0.39 is 0 Å². The third-order valence-electron chi connectivity index (χ3n) is 4.48. The molecule has 108 valence electrons. The maximum Gasteiger partial charge on any atom is 0.229 e. The van der Waals surface area contributed by atoms with Crippen molar-refractivity contribution in [3.8, 4) is 0 Å². The van der Waals surface area contributed by atoms with Crippen LogP contribution in [0.15, 0.2) is 0 Å². The van der Waals surface area contributed by atoms with E-state index in [2.05, 4.69) is 4.90 Å². The molecule has 3 aliphatic heterocycles. The molecule has 2 N–H and O–H groups in total. The second-order valence-corrected chi connectivity index (χ2v) is 5.68. The maximum absolute atomic E-state index is 12.4. The van der Waals surface area contributed by atoms with E-state index in [-0.39, 0.29) is 17.9 Å². The summed E-state index contributed by atoms with van der Waals surface area (Å²) in [7, 11) is 0. The molecule has 6 nitrogen and oxygen atoms in total. The van der Waals surface area contributed by atoms with Gasteiger partial charge in [-0.1, -0.05) is 0 Å². The van der Waals surface area contributed by atoms with Crippen molar-refractivity contribution in [1.29, 1.82) is 0 Å². The van der Waals surface area contributed by atoms with Crippen molar-refractivity contribution in [3.05, 3.63) is 0 Å². The lowest BCUT2D eigenvalue weighted by molar-refractivity contribution is -0.135. The molecular formula is C13H23N3O3. The zero-order valence-corrected chi connectivity index (χ0v) is 11.3. The van der Waals surface area contributed by atoms with Gasteiger partial charge in [-0.2, -0.15) is 0 Å². The standard InChI is InChI=1S/C13H23N3O3/c14-12-9-19-8-11(12)13(17)16-2-1-10(7-16)15-3-5-18-6-4-15/h10-12H,1-9,14H2. The Hall–Kier alpha value is -0.690. The first-order chi connectivity index (χ1) is 9.25. The summed E-state index contributed by atoms with van der Waals surface area (Å²) in [6.07, 6.45) is 1.06. The summed E-state index contributed by atoms with van der Waals surface area (Å²) in [5.74, 6) is 0.0456. The van der Waals surface area contributed by atoms with E-state index >= 15 is 0 Å². The zero-order chi connectivity index (χ0) is 13.2. The van der Waals surface area contributed by atoms with E-state index in [1.54, 1.807) is 0 Å². The van der Waals surface area contributed by atoms with Gasteiger partial charge >= 0.3 is 0 Å². The number of ether oxygens (including phenoxy) is 2. The summed E-state index contributed by atoms with van der Waals surface area (Å²) in [5, 5.41) is 0. The highest BCUT2D eigenvalue weighted by molar-refractivity contribution is 5.80. The first-order valence-corrected chi connectivity index (χ1v) is 7.19. The summed E-state index contributed by atoms with van der Waals surface area (Å²) < 4.78 is 10.7. The van der Waals surface area contributed by atoms with E-state index in [4.69, 9.17) is 15.2 Å². The van der Waals surface area contributed by atoms with Crippen molar-refractivity contribution in [2.24, 2.45) is 11.7 Å². The van der Waals surface area contributed by atoms with Crippen LogP contribution in [0.25, 0.3) is 0 Å². The minimum atomic E-state index is -0.136. The number of amides is 1. The van der Waals surface area contributed by atoms with Crippen LogP contribution < -0.4 is 5.73 Å². The van der Waals surface area contributed by atoms with Gasteiger partial charge in [0.05, 0.1) is 32.3 Å². The predicted octanol–water partition coefficient (Wildman–Crippen LogP) is -1.11. The van der Waals surface area contributed by atoms with Crippen molar-refractivity contribution >= 4 is 5.91 Å². The molecule has 3 rings (SSSR count). The molecule has 0 radical (unpaired) electrons. The first-order valence-electron chi connectivity index (χ1n) is 7.19. The molecular weight excluding hydrogens is 246 g/mol. The monoisotopic (exact) mass is 269 g/mol. The maximum atomic E-state index is 12.4. The fourth-order valence-corrected chi connectivity index (χ4v) is 3.24. The second-order valence-electron chi connectivity index (χ2n) is 5.68. The minimum Gasteiger partial charge on any atom is -0.379 e. The molecule has 3 atom stereocenters. The van der Waals surface area contributed by atoms with Gasteiger partial charge in [0.2, 0.25) is 5.91 Å². The van der Waals surface area contributed by atoms with Crippen LogP contribution in [0, 0.1) is 5.92 Å². The smallest absolute Gasteiger partial charge is 0.229 e. The third-order valence-corrected chi connectivity index (χ3v) is 4.48. The van der Waals surface area contributed by atoms with Crippen molar-refractivity contribution in [2.45, 2.75) is 18.5 Å². The van der Waals surface area contributed by atoms with Gasteiger partial charge in [-0.15, -0.1) is 0 Å². The largest absolute Gasteiger partial charge is 0.379 e. The zero-order valence-electron chi connectivity index (χ0n) is 11.3. The number of carbonyl (C=O) groups is 1. The van der Waals surface area contributed by atoms with Gasteiger partial charge in [0.1, 0.15) is 0 Å². The van der Waals surface area contributed by atoms with Gasteiger partial charge in [-0.05, 0) is 6.42 Å². The summed E-state index contributed by atoms with van der Waals surface area (Å²) in [4.78, 5) is 16.8. The van der Waals surface area contributed by atoms with Crippen LogP contribution in [0.2, 0.25) is 0 Å². The molecule has 0 spiro atoms. The number of carbonyl (C=O) groups excluding carboxylic acids is 1. The highest BCUT2D eigenvalue weighted by Crippen LogP contribution is 2.21. The van der Waals surface area contributed by atoms with Gasteiger partial charge in [-0.3, -0.25) is 9.69 Å². The summed E-state index contributed by atoms with van der Waals surface area (Å²) >= 11 is 0. The fraction of sp³-hybridized carbons (Fsp3) is 0.923. The summed E-state index contributed by atoms with van der Waals surface area (Å²) in [5.41, 5.74) is 5.93. The van der Waals surface area contributed by atoms with Crippen LogP contribution in [0.5, 0.6) is 0 Å². The molecule has 3 saturated heterocycles. The average molecular weight is 269 g/mol. The number of nitrogens with zero attached hydrogens (tertiary/aromatic N) is 2. The lowest BCUT2D eigenvalue weighted by Crippen LogP contribution is -2.47. The molecule has 0 saturated carbocycles. The van der Waals surface area contributed by atoms with Crippen molar-refractivity contribution in [2.75, 3.05) is 52.6 Å². The van der Waals surface area contributed by atoms with Crippen LogP contribution in [-0.4, -0.2) is 80.4 Å². The van der Waals surface area contributed by atoms with E-state index in [1.165, 1.54) is 0 Å². The molecule has 0 bridgehead atoms. The van der Waals surface area contributed by atoms with Crippen LogP contribution in [0.4, 0.5) is 0 Å². The highest BCUT2D eigenvalue weighted by Gasteiger charge is 2.38. The number of hydrogen-bond donors (Lipinski definition) is 1. The highest BCUT2D eigenvalue weighted by atomic mass is 16.5. The number of morpholine rings is 1. The molecule has 0 aromatic rings. The van der Waals surface area contributed by atoms with Crippen LogP contribution in [-0.2, 0) is 14.3 Å². The van der Waals surface area contributed by atoms with Gasteiger partial charge in [-0.25, -0.2) is 0 Å². The van der Waals surface area contributed by atoms with Gasteiger partial charge in [0, 0.05) is 38.3 Å². The Morgan fingerprint density at radius 2 is 1.89 bits per heavy atom. The summed E-state index contributed by atoms with van der Waals surface area (Å²) in [6, 6.07) is 0.362. The van der Waals surface area contributed by atoms with Gasteiger partial charge in [0.25, 0.3) is 0 Å². The quantitative estimate of drug-likeness (QED) is 0.689. The van der Waals surface area contributed by atoms with Gasteiger partial charge < -0.3 is 20.1 Å². The lowest BCUT2D eigenvalue weighted by Gasteiger charge is -2.32. The SMILES string of the molecule is NC1COCC1C(=O)N1CCC(N2CCOCC2)C1. The van der Waals surface area contributed by atoms with Crippen LogP contribution in [0.1, 0.15) is 6.42 Å². The Balaban J connectivity index is 1.54. The normalized spacial score (nSPS) is 36.9. The Morgan fingerprint density at radius 1 is 1.11 bits per heavy atom. The van der Waals surface area contributed by atoms with E-state index in [9.17, 15) is 4.79 Å². The molecule has 6 heteroatoms. The molecule has 3 unspecified atom stereocenters. The molecule has 3 fully saturated rings. The number of nitrogens with two attached hydrogens (primary N) is 1. The van der Waals surface area contributed by atoms with Crippen molar-refractivity contribution in [3.63, 3.8) is 0 Å². The van der Waals surface area contributed by atoms with E-state index in [0.29, 0.717) is 19.3 Å². The second kappa shape index (κ2) is 5.75. The first kappa shape index (κ1) is 13.3. The number of rotatable bonds is 2. The number of likely N-dealkylation sites (tertiary alicyclic amines) is 1. The Labute approximate surface area is 113 Å². The topological polar surface area (TPSA) is 68.0 Å². The predicted molar refractivity (Wildman–Crippen MR) is 69.7 cm³/mol. The Bertz CT molecular complexity index is 333. The van der Waals surface area contributed by atoms with E-state index in [1.807, 2.05) is 4.90 Å². The number of hydrogen-bond acceptors (Lipinski definition) is 5. The Kier molecular flexibility index (Phi) is 4.02. The van der Waals surface area contributed by atoms with E-state index in [0.717, 1.165) is 45.8 Å². The molecule has 0 aromatic heterocycles. The molecule has 19 heavy (non-hydrogen) atoms. The molecule has 1 amide bonds. The van der Waals surface area contributed by atoms with Crippen molar-refractivity contribution in [1.82, 2.24) is 9.80 Å². The molecule has 3 heterocycles. The van der Waals surface area contributed by atoms with Gasteiger partial charge in [0.15, 0.2) is 0 Å². The minimum absolute atomic E-state index is 0.130. The molecule has 3 aliphatic rings. The third kappa shape index (κ3) is 2.76. The average Bonchev–Trinajstić information content (AvgIpc) is 3.08. The fourth-order valence-electron chi connectivity index (χ4n) is 3.24. The molecule has 0 aromatic carbocycles.